The molecule has 0 aliphatic heterocycles. The van der Waals surface area contributed by atoms with Crippen molar-refractivity contribution in [3.63, 3.8) is 0 Å². The molecule has 0 unspecified atom stereocenters. The molecule has 0 aromatic rings. The van der Waals surface area contributed by atoms with Crippen LogP contribution in [0.5, 0.6) is 0 Å². The summed E-state index contributed by atoms with van der Waals surface area (Å²) in [7, 11) is 0. The van der Waals surface area contributed by atoms with Crippen molar-refractivity contribution < 1.29 is 0 Å². The van der Waals surface area contributed by atoms with E-state index in [0.29, 0.717) is 0 Å². The van der Waals surface area contributed by atoms with Crippen LogP contribution in [0.1, 0.15) is 129 Å². The zero-order valence-corrected chi connectivity index (χ0v) is 18.2. The summed E-state index contributed by atoms with van der Waals surface area (Å²) < 4.78 is 0. The van der Waals surface area contributed by atoms with Crippen LogP contribution in [-0.2, 0) is 0 Å². The van der Waals surface area contributed by atoms with E-state index in [1.165, 1.54) is 116 Å². The summed E-state index contributed by atoms with van der Waals surface area (Å²) in [5.41, 5.74) is 0. The van der Waals surface area contributed by atoms with Crippen LogP contribution >= 0.6 is 0 Å². The highest BCUT2D eigenvalue weighted by molar-refractivity contribution is 5.02. The summed E-state index contributed by atoms with van der Waals surface area (Å²) in [5, 5.41) is 0. The van der Waals surface area contributed by atoms with Crippen molar-refractivity contribution in [3.05, 3.63) is 24.3 Å². The molecular weight excluding hydrogens is 312 g/mol. The lowest BCUT2D eigenvalue weighted by Gasteiger charge is -2.19. The lowest BCUT2D eigenvalue weighted by atomic mass is 9.87. The molecule has 1 rings (SSSR count). The Morgan fingerprint density at radius 1 is 0.577 bits per heavy atom. The zero-order chi connectivity index (χ0) is 18.7. The Balaban J connectivity index is 1.99. The van der Waals surface area contributed by atoms with E-state index in [1.54, 1.807) is 0 Å². The van der Waals surface area contributed by atoms with Gasteiger partial charge in [0.15, 0.2) is 0 Å². The summed E-state index contributed by atoms with van der Waals surface area (Å²) in [6.45, 7) is 4.59. The number of allylic oxidation sites excluding steroid dienone is 4. The fraction of sp³-hybridized carbons (Fsp3) is 0.846. The summed E-state index contributed by atoms with van der Waals surface area (Å²) >= 11 is 0. The average Bonchev–Trinajstić information content (AvgIpc) is 3.10. The molecule has 0 heterocycles. The van der Waals surface area contributed by atoms with Gasteiger partial charge in [0.1, 0.15) is 0 Å². The van der Waals surface area contributed by atoms with E-state index in [4.69, 9.17) is 0 Å². The van der Waals surface area contributed by atoms with Crippen LogP contribution in [0.4, 0.5) is 0 Å². The van der Waals surface area contributed by atoms with E-state index in [2.05, 4.69) is 38.2 Å². The van der Waals surface area contributed by atoms with Crippen LogP contribution in [0.25, 0.3) is 0 Å². The molecular formula is C26H48. The minimum atomic E-state index is 1.05. The Morgan fingerprint density at radius 2 is 1.08 bits per heavy atom. The summed E-state index contributed by atoms with van der Waals surface area (Å²) in [4.78, 5) is 0. The third-order valence-corrected chi connectivity index (χ3v) is 6.30. The van der Waals surface area contributed by atoms with E-state index in [9.17, 15) is 0 Å². The third-order valence-electron chi connectivity index (χ3n) is 6.30. The van der Waals surface area contributed by atoms with Crippen molar-refractivity contribution in [2.24, 2.45) is 11.8 Å². The largest absolute Gasteiger partial charge is 0.0845 e. The van der Waals surface area contributed by atoms with Gasteiger partial charge in [-0.15, -0.1) is 0 Å². The van der Waals surface area contributed by atoms with Gasteiger partial charge in [-0.25, -0.2) is 0 Å². The molecule has 1 saturated carbocycles. The first kappa shape index (κ1) is 23.5. The van der Waals surface area contributed by atoms with Gasteiger partial charge in [0.25, 0.3) is 0 Å². The predicted molar refractivity (Wildman–Crippen MR) is 120 cm³/mol. The normalized spacial score (nSPS) is 20.7. The number of unbranched alkanes of at least 4 members (excludes halogenated alkanes) is 10. The molecule has 0 bridgehead atoms. The Morgan fingerprint density at radius 3 is 1.73 bits per heavy atom. The van der Waals surface area contributed by atoms with Gasteiger partial charge in [0, 0.05) is 0 Å². The van der Waals surface area contributed by atoms with Crippen molar-refractivity contribution in [1.82, 2.24) is 0 Å². The molecule has 0 radical (unpaired) electrons. The third kappa shape index (κ3) is 12.8. The standard InChI is InChI=1S/C26H48/c1-3-5-7-9-11-12-13-14-15-17-19-22-26-24-20-23-25(26)21-18-16-10-8-6-4-2/h12-15,25-26H,3-11,16-24H2,1-2H3/b13-12+,15-14+/t25-,26-/m0/s1. The van der Waals surface area contributed by atoms with Crippen molar-refractivity contribution in [2.75, 3.05) is 0 Å². The number of hydrogen-bond donors (Lipinski definition) is 0. The van der Waals surface area contributed by atoms with Crippen molar-refractivity contribution in [1.29, 1.82) is 0 Å². The molecule has 0 saturated heterocycles. The molecule has 1 aliphatic carbocycles. The summed E-state index contributed by atoms with van der Waals surface area (Å²) in [5.74, 6) is 2.11. The van der Waals surface area contributed by atoms with Crippen LogP contribution in [0.3, 0.4) is 0 Å². The Labute approximate surface area is 165 Å². The highest BCUT2D eigenvalue weighted by Gasteiger charge is 2.25. The molecule has 1 aliphatic rings. The first-order chi connectivity index (χ1) is 12.9. The molecule has 0 spiro atoms. The van der Waals surface area contributed by atoms with Crippen LogP contribution in [0.2, 0.25) is 0 Å². The molecule has 0 amide bonds. The molecule has 1 fully saturated rings. The van der Waals surface area contributed by atoms with Gasteiger partial charge < -0.3 is 0 Å². The summed E-state index contributed by atoms with van der Waals surface area (Å²) in [6.07, 6.45) is 35.0. The summed E-state index contributed by atoms with van der Waals surface area (Å²) in [6, 6.07) is 0. The quantitative estimate of drug-likeness (QED) is 0.179. The smallest absolute Gasteiger partial charge is 0.0348 e. The SMILES string of the molecule is CCCCCC/C=C/C=C/CCC[C@H]1CCC[C@@H]1CCCCCCCC. The Kier molecular flexibility index (Phi) is 16.2. The maximum atomic E-state index is 2.39. The highest BCUT2D eigenvalue weighted by Crippen LogP contribution is 2.38. The van der Waals surface area contributed by atoms with Gasteiger partial charge in [0.05, 0.1) is 0 Å². The van der Waals surface area contributed by atoms with Crippen molar-refractivity contribution in [3.8, 4) is 0 Å². The molecule has 0 N–H and O–H groups in total. The van der Waals surface area contributed by atoms with Gasteiger partial charge >= 0.3 is 0 Å². The van der Waals surface area contributed by atoms with Gasteiger partial charge in [-0.1, -0.05) is 122 Å². The molecule has 26 heavy (non-hydrogen) atoms. The van der Waals surface area contributed by atoms with Crippen molar-refractivity contribution >= 4 is 0 Å². The van der Waals surface area contributed by atoms with Crippen LogP contribution in [0.15, 0.2) is 24.3 Å². The van der Waals surface area contributed by atoms with E-state index in [-0.39, 0.29) is 0 Å². The van der Waals surface area contributed by atoms with E-state index in [0.717, 1.165) is 11.8 Å². The van der Waals surface area contributed by atoms with Gasteiger partial charge in [-0.2, -0.15) is 0 Å². The molecule has 152 valence electrons. The van der Waals surface area contributed by atoms with E-state index in [1.807, 2.05) is 0 Å². The first-order valence-corrected chi connectivity index (χ1v) is 12.2. The van der Waals surface area contributed by atoms with Crippen LogP contribution in [-0.4, -0.2) is 0 Å². The Hall–Kier alpha value is -0.520. The Bertz CT molecular complexity index is 338. The van der Waals surface area contributed by atoms with Gasteiger partial charge in [0.2, 0.25) is 0 Å². The molecule has 2 atom stereocenters. The molecule has 0 aromatic heterocycles. The fourth-order valence-corrected chi connectivity index (χ4v) is 4.60. The maximum Gasteiger partial charge on any atom is -0.0348 e. The molecule has 0 heteroatoms. The van der Waals surface area contributed by atoms with E-state index < -0.39 is 0 Å². The van der Waals surface area contributed by atoms with Crippen LogP contribution in [0, 0.1) is 11.8 Å². The minimum Gasteiger partial charge on any atom is -0.0845 e. The second kappa shape index (κ2) is 17.9. The lowest BCUT2D eigenvalue weighted by Crippen LogP contribution is -2.07. The first-order valence-electron chi connectivity index (χ1n) is 12.2. The highest BCUT2D eigenvalue weighted by atomic mass is 14.3. The maximum absolute atomic E-state index is 2.39. The number of hydrogen-bond acceptors (Lipinski definition) is 0. The average molecular weight is 361 g/mol. The van der Waals surface area contributed by atoms with Gasteiger partial charge in [-0.3, -0.25) is 0 Å². The predicted octanol–water partition coefficient (Wildman–Crippen LogP) is 9.41. The monoisotopic (exact) mass is 360 g/mol. The van der Waals surface area contributed by atoms with Gasteiger partial charge in [-0.05, 0) is 43.9 Å². The van der Waals surface area contributed by atoms with Crippen LogP contribution < -0.4 is 0 Å². The second-order valence-corrected chi connectivity index (χ2v) is 8.64. The minimum absolute atomic E-state index is 1.05. The molecule has 0 aromatic carbocycles. The molecule has 0 nitrogen and oxygen atoms in total. The van der Waals surface area contributed by atoms with Crippen molar-refractivity contribution in [2.45, 2.75) is 129 Å². The number of rotatable bonds is 17. The zero-order valence-electron chi connectivity index (χ0n) is 18.2. The lowest BCUT2D eigenvalue weighted by molar-refractivity contribution is 0.327. The topological polar surface area (TPSA) is 0 Å². The second-order valence-electron chi connectivity index (χ2n) is 8.64. The fourth-order valence-electron chi connectivity index (χ4n) is 4.60. The van der Waals surface area contributed by atoms with E-state index >= 15 is 0 Å².